The standard InChI is InChI=1S/C11H17N3S/c1-4-9-10(7-12)15-11(13-9)8-14(5-2)6-3/h4-6,8H2,1-3H3. The smallest absolute Gasteiger partial charge is 0.128 e. The molecular formula is C11H17N3S. The molecule has 0 N–H and O–H groups in total. The summed E-state index contributed by atoms with van der Waals surface area (Å²) in [4.78, 5) is 7.57. The first-order valence-electron chi connectivity index (χ1n) is 5.36. The molecule has 3 nitrogen and oxygen atoms in total. The first kappa shape index (κ1) is 12.2. The van der Waals surface area contributed by atoms with Crippen LogP contribution in [-0.4, -0.2) is 23.0 Å². The molecule has 0 spiro atoms. The van der Waals surface area contributed by atoms with Crippen molar-refractivity contribution in [2.45, 2.75) is 33.7 Å². The summed E-state index contributed by atoms with van der Waals surface area (Å²) in [7, 11) is 0. The third kappa shape index (κ3) is 3.01. The van der Waals surface area contributed by atoms with E-state index in [1.807, 2.05) is 6.92 Å². The fraction of sp³-hybridized carbons (Fsp3) is 0.636. The van der Waals surface area contributed by atoms with Crippen LogP contribution in [-0.2, 0) is 13.0 Å². The largest absolute Gasteiger partial charge is 0.297 e. The number of nitriles is 1. The Morgan fingerprint density at radius 3 is 2.40 bits per heavy atom. The molecule has 0 aromatic carbocycles. The molecule has 0 fully saturated rings. The van der Waals surface area contributed by atoms with E-state index < -0.39 is 0 Å². The highest BCUT2D eigenvalue weighted by Crippen LogP contribution is 2.19. The Hall–Kier alpha value is -0.920. The number of hydrogen-bond donors (Lipinski definition) is 0. The van der Waals surface area contributed by atoms with Crippen molar-refractivity contribution in [2.75, 3.05) is 13.1 Å². The second-order valence-corrected chi connectivity index (χ2v) is 4.39. The van der Waals surface area contributed by atoms with Gasteiger partial charge in [0.25, 0.3) is 0 Å². The molecule has 0 aliphatic heterocycles. The molecule has 82 valence electrons. The molecule has 0 saturated heterocycles. The molecule has 0 saturated carbocycles. The number of nitrogens with zero attached hydrogens (tertiary/aromatic N) is 3. The number of hydrogen-bond acceptors (Lipinski definition) is 4. The first-order valence-corrected chi connectivity index (χ1v) is 6.17. The van der Waals surface area contributed by atoms with Crippen LogP contribution in [0.15, 0.2) is 0 Å². The van der Waals surface area contributed by atoms with E-state index in [0.717, 1.165) is 41.6 Å². The van der Waals surface area contributed by atoms with E-state index in [9.17, 15) is 0 Å². The topological polar surface area (TPSA) is 39.9 Å². The van der Waals surface area contributed by atoms with Crippen molar-refractivity contribution in [3.05, 3.63) is 15.6 Å². The molecular weight excluding hydrogens is 206 g/mol. The maximum absolute atomic E-state index is 8.92. The van der Waals surface area contributed by atoms with Gasteiger partial charge in [0.2, 0.25) is 0 Å². The van der Waals surface area contributed by atoms with Crippen LogP contribution in [0.2, 0.25) is 0 Å². The Balaban J connectivity index is 2.78. The van der Waals surface area contributed by atoms with E-state index in [1.54, 1.807) is 0 Å². The van der Waals surface area contributed by atoms with Crippen molar-refractivity contribution in [3.63, 3.8) is 0 Å². The van der Waals surface area contributed by atoms with Crippen LogP contribution in [0.4, 0.5) is 0 Å². The maximum Gasteiger partial charge on any atom is 0.128 e. The van der Waals surface area contributed by atoms with E-state index in [4.69, 9.17) is 5.26 Å². The molecule has 1 aromatic rings. The number of thiazole rings is 1. The predicted octanol–water partition coefficient (Wildman–Crippen LogP) is 2.42. The Morgan fingerprint density at radius 2 is 2.00 bits per heavy atom. The number of aryl methyl sites for hydroxylation is 1. The monoisotopic (exact) mass is 223 g/mol. The van der Waals surface area contributed by atoms with Crippen LogP contribution in [0.1, 0.15) is 36.3 Å². The van der Waals surface area contributed by atoms with E-state index >= 15 is 0 Å². The zero-order chi connectivity index (χ0) is 11.3. The van der Waals surface area contributed by atoms with Crippen molar-refractivity contribution in [3.8, 4) is 6.07 Å². The van der Waals surface area contributed by atoms with Gasteiger partial charge in [-0.25, -0.2) is 4.98 Å². The van der Waals surface area contributed by atoms with E-state index in [2.05, 4.69) is 29.8 Å². The molecule has 0 aliphatic rings. The maximum atomic E-state index is 8.92. The summed E-state index contributed by atoms with van der Waals surface area (Å²) in [6.45, 7) is 9.24. The van der Waals surface area contributed by atoms with Crippen LogP contribution in [0.3, 0.4) is 0 Å². The van der Waals surface area contributed by atoms with Crippen molar-refractivity contribution >= 4 is 11.3 Å². The lowest BCUT2D eigenvalue weighted by Gasteiger charge is -2.15. The van der Waals surface area contributed by atoms with Crippen LogP contribution in [0.25, 0.3) is 0 Å². The molecule has 0 unspecified atom stereocenters. The summed E-state index contributed by atoms with van der Waals surface area (Å²) < 4.78 is 0. The van der Waals surface area contributed by atoms with Crippen LogP contribution < -0.4 is 0 Å². The minimum atomic E-state index is 0.777. The highest BCUT2D eigenvalue weighted by molar-refractivity contribution is 7.12. The Kier molecular flexibility index (Phi) is 4.73. The van der Waals surface area contributed by atoms with Gasteiger partial charge >= 0.3 is 0 Å². The SMILES string of the molecule is CCc1nc(CN(CC)CC)sc1C#N. The lowest BCUT2D eigenvalue weighted by Crippen LogP contribution is -2.21. The fourth-order valence-corrected chi connectivity index (χ4v) is 2.43. The van der Waals surface area contributed by atoms with E-state index in [0.29, 0.717) is 0 Å². The van der Waals surface area contributed by atoms with Crippen LogP contribution >= 0.6 is 11.3 Å². The van der Waals surface area contributed by atoms with Gasteiger partial charge in [-0.3, -0.25) is 4.90 Å². The second-order valence-electron chi connectivity index (χ2n) is 3.31. The summed E-state index contributed by atoms with van der Waals surface area (Å²) in [5, 5.41) is 9.98. The van der Waals surface area contributed by atoms with E-state index in [1.165, 1.54) is 11.3 Å². The molecule has 0 amide bonds. The third-order valence-corrected chi connectivity index (χ3v) is 3.42. The van der Waals surface area contributed by atoms with Crippen LogP contribution in [0.5, 0.6) is 0 Å². The lowest BCUT2D eigenvalue weighted by molar-refractivity contribution is 0.295. The summed E-state index contributed by atoms with van der Waals surface area (Å²) in [5.41, 5.74) is 0.949. The zero-order valence-electron chi connectivity index (χ0n) is 9.58. The molecule has 0 radical (unpaired) electrons. The average molecular weight is 223 g/mol. The Labute approximate surface area is 95.4 Å². The third-order valence-electron chi connectivity index (χ3n) is 2.43. The Morgan fingerprint density at radius 1 is 1.33 bits per heavy atom. The van der Waals surface area contributed by atoms with Crippen molar-refractivity contribution < 1.29 is 0 Å². The molecule has 15 heavy (non-hydrogen) atoms. The summed E-state index contributed by atoms with van der Waals surface area (Å²) in [6.07, 6.45) is 0.845. The molecule has 1 aromatic heterocycles. The molecule has 0 bridgehead atoms. The van der Waals surface area contributed by atoms with Gasteiger partial charge in [0.15, 0.2) is 0 Å². The minimum Gasteiger partial charge on any atom is -0.297 e. The normalized spacial score (nSPS) is 10.6. The number of aromatic nitrogens is 1. The zero-order valence-corrected chi connectivity index (χ0v) is 10.4. The Bertz CT molecular complexity index is 347. The van der Waals surface area contributed by atoms with Crippen molar-refractivity contribution in [1.29, 1.82) is 5.26 Å². The minimum absolute atomic E-state index is 0.777. The van der Waals surface area contributed by atoms with Gasteiger partial charge in [0.05, 0.1) is 12.2 Å². The average Bonchev–Trinajstić information content (AvgIpc) is 2.68. The van der Waals surface area contributed by atoms with Gasteiger partial charge in [-0.15, -0.1) is 11.3 Å². The van der Waals surface area contributed by atoms with Gasteiger partial charge in [-0.1, -0.05) is 20.8 Å². The quantitative estimate of drug-likeness (QED) is 0.769. The molecule has 4 heteroatoms. The van der Waals surface area contributed by atoms with Gasteiger partial charge in [-0.2, -0.15) is 5.26 Å². The predicted molar refractivity (Wildman–Crippen MR) is 62.8 cm³/mol. The van der Waals surface area contributed by atoms with Gasteiger partial charge < -0.3 is 0 Å². The summed E-state index contributed by atoms with van der Waals surface area (Å²) >= 11 is 1.53. The fourth-order valence-electron chi connectivity index (χ4n) is 1.43. The molecule has 1 rings (SSSR count). The lowest BCUT2D eigenvalue weighted by atomic mass is 10.3. The van der Waals surface area contributed by atoms with Crippen LogP contribution in [0, 0.1) is 11.3 Å². The first-order chi connectivity index (χ1) is 7.24. The van der Waals surface area contributed by atoms with Crippen molar-refractivity contribution in [2.24, 2.45) is 0 Å². The molecule has 0 aliphatic carbocycles. The molecule has 0 atom stereocenters. The molecule has 1 heterocycles. The summed E-state index contributed by atoms with van der Waals surface area (Å²) in [6, 6.07) is 2.21. The van der Waals surface area contributed by atoms with Gasteiger partial charge in [0.1, 0.15) is 16.0 Å². The highest BCUT2D eigenvalue weighted by Gasteiger charge is 2.10. The van der Waals surface area contributed by atoms with E-state index in [-0.39, 0.29) is 0 Å². The van der Waals surface area contributed by atoms with Gasteiger partial charge in [-0.05, 0) is 19.5 Å². The summed E-state index contributed by atoms with van der Waals surface area (Å²) in [5.74, 6) is 0. The number of rotatable bonds is 5. The highest BCUT2D eigenvalue weighted by atomic mass is 32.1. The van der Waals surface area contributed by atoms with Crippen molar-refractivity contribution in [1.82, 2.24) is 9.88 Å². The van der Waals surface area contributed by atoms with Gasteiger partial charge in [0, 0.05) is 0 Å². The second kappa shape index (κ2) is 5.84.